The summed E-state index contributed by atoms with van der Waals surface area (Å²) >= 11 is 0. The molecule has 1 aliphatic carbocycles. The van der Waals surface area contributed by atoms with Crippen LogP contribution in [0.1, 0.15) is 23.1 Å². The number of benzene rings is 1. The Balaban J connectivity index is 1.69. The largest absolute Gasteiger partial charge is 0.411 e. The van der Waals surface area contributed by atoms with Crippen LogP contribution in [0, 0.1) is 0 Å². The molecule has 0 unspecified atom stereocenters. The van der Waals surface area contributed by atoms with Crippen molar-refractivity contribution < 1.29 is 5.21 Å². The van der Waals surface area contributed by atoms with E-state index in [9.17, 15) is 5.21 Å². The van der Waals surface area contributed by atoms with E-state index in [4.69, 9.17) is 10.8 Å². The van der Waals surface area contributed by atoms with Gasteiger partial charge < -0.3 is 10.9 Å². The normalized spacial score (nSPS) is 14.2. The summed E-state index contributed by atoms with van der Waals surface area (Å²) in [6.45, 7) is 0.380. The van der Waals surface area contributed by atoms with Crippen molar-refractivity contribution in [1.29, 1.82) is 0 Å². The molecule has 1 aromatic carbocycles. The number of hydrogen-bond donors (Lipinski definition) is 2. The van der Waals surface area contributed by atoms with Crippen LogP contribution >= 0.6 is 0 Å². The molecule has 0 saturated carbocycles. The second-order valence-electron chi connectivity index (χ2n) is 7.18. The number of hydrogen-bond acceptors (Lipinski definition) is 6. The second-order valence-corrected chi connectivity index (χ2v) is 7.18. The molecule has 0 spiro atoms. The first-order valence-corrected chi connectivity index (χ1v) is 9.77. The van der Waals surface area contributed by atoms with E-state index < -0.39 is 0 Å². The van der Waals surface area contributed by atoms with Gasteiger partial charge in [-0.05, 0) is 42.2 Å². The van der Waals surface area contributed by atoms with Gasteiger partial charge in [0.1, 0.15) is 5.69 Å². The summed E-state index contributed by atoms with van der Waals surface area (Å²) in [7, 11) is 0. The fourth-order valence-electron chi connectivity index (χ4n) is 3.95. The summed E-state index contributed by atoms with van der Waals surface area (Å²) < 4.78 is 1.79. The molecular formula is C23H20N6O. The fraction of sp³-hybridized carbons (Fsp3) is 0.130. The fourth-order valence-corrected chi connectivity index (χ4v) is 3.95. The van der Waals surface area contributed by atoms with E-state index in [1.807, 2.05) is 42.6 Å². The maximum atomic E-state index is 9.22. The van der Waals surface area contributed by atoms with E-state index in [-0.39, 0.29) is 0 Å². The van der Waals surface area contributed by atoms with Crippen molar-refractivity contribution in [2.45, 2.75) is 19.4 Å². The number of fused-ring (bicyclic) bond motifs is 1. The van der Waals surface area contributed by atoms with Crippen LogP contribution in [-0.4, -0.2) is 30.7 Å². The SMILES string of the molecule is NCc1cccnc1-n1cc(-c2ccc3c(c2)CCC3=NO)c(-c2ccncc2)n1. The average Bonchev–Trinajstić information content (AvgIpc) is 3.43. The lowest BCUT2D eigenvalue weighted by Crippen LogP contribution is -2.07. The topological polar surface area (TPSA) is 102 Å². The van der Waals surface area contributed by atoms with Crippen LogP contribution in [0.15, 0.2) is 72.4 Å². The predicted octanol–water partition coefficient (Wildman–Crippen LogP) is 3.58. The molecule has 3 aromatic heterocycles. The van der Waals surface area contributed by atoms with Crippen LogP contribution in [0.2, 0.25) is 0 Å². The standard InChI is InChI=1S/C23H20N6O/c24-13-18-2-1-9-26-23(18)29-14-20(22(27-29)15-7-10-25-11-8-15)17-3-5-19-16(12-17)4-6-21(19)28-30/h1-3,5,7-12,14,30H,4,6,13,24H2. The molecule has 3 heterocycles. The van der Waals surface area contributed by atoms with Crippen molar-refractivity contribution in [3.63, 3.8) is 0 Å². The minimum Gasteiger partial charge on any atom is -0.411 e. The van der Waals surface area contributed by atoms with Crippen molar-refractivity contribution in [3.8, 4) is 28.2 Å². The Hall–Kier alpha value is -3.84. The van der Waals surface area contributed by atoms with Gasteiger partial charge in [0.05, 0.1) is 5.71 Å². The highest BCUT2D eigenvalue weighted by molar-refractivity contribution is 6.04. The molecule has 0 atom stereocenters. The number of aromatic nitrogens is 4. The minimum atomic E-state index is 0.380. The van der Waals surface area contributed by atoms with Gasteiger partial charge in [0.25, 0.3) is 0 Å². The molecule has 1 aliphatic rings. The zero-order valence-corrected chi connectivity index (χ0v) is 16.2. The first kappa shape index (κ1) is 18.2. The van der Waals surface area contributed by atoms with Crippen LogP contribution in [-0.2, 0) is 13.0 Å². The van der Waals surface area contributed by atoms with Gasteiger partial charge in [-0.3, -0.25) is 4.98 Å². The Morgan fingerprint density at radius 1 is 1.00 bits per heavy atom. The molecule has 0 fully saturated rings. The van der Waals surface area contributed by atoms with Crippen molar-refractivity contribution in [1.82, 2.24) is 19.7 Å². The van der Waals surface area contributed by atoms with Gasteiger partial charge >= 0.3 is 0 Å². The molecule has 4 aromatic rings. The van der Waals surface area contributed by atoms with Gasteiger partial charge in [-0.1, -0.05) is 29.4 Å². The van der Waals surface area contributed by atoms with E-state index >= 15 is 0 Å². The number of nitrogens with two attached hydrogens (primary N) is 1. The van der Waals surface area contributed by atoms with Crippen LogP contribution < -0.4 is 5.73 Å². The molecular weight excluding hydrogens is 376 g/mol. The summed E-state index contributed by atoms with van der Waals surface area (Å²) in [5, 5.41) is 17.5. The summed E-state index contributed by atoms with van der Waals surface area (Å²) in [4.78, 5) is 8.64. The van der Waals surface area contributed by atoms with Crippen molar-refractivity contribution in [3.05, 3.63) is 83.9 Å². The van der Waals surface area contributed by atoms with Crippen LogP contribution in [0.5, 0.6) is 0 Å². The minimum absolute atomic E-state index is 0.380. The molecule has 148 valence electrons. The van der Waals surface area contributed by atoms with Crippen molar-refractivity contribution in [2.75, 3.05) is 0 Å². The molecule has 0 saturated heterocycles. The van der Waals surface area contributed by atoms with Crippen LogP contribution in [0.25, 0.3) is 28.2 Å². The van der Waals surface area contributed by atoms with Gasteiger partial charge in [-0.2, -0.15) is 5.10 Å². The Kier molecular flexibility index (Phi) is 4.57. The van der Waals surface area contributed by atoms with E-state index in [2.05, 4.69) is 21.2 Å². The number of oxime groups is 1. The van der Waals surface area contributed by atoms with E-state index in [1.54, 1.807) is 23.3 Å². The molecule has 7 nitrogen and oxygen atoms in total. The molecule has 5 rings (SSSR count). The van der Waals surface area contributed by atoms with Gasteiger partial charge in [0.15, 0.2) is 5.82 Å². The Bertz CT molecular complexity index is 1250. The maximum absolute atomic E-state index is 9.22. The first-order valence-electron chi connectivity index (χ1n) is 9.77. The highest BCUT2D eigenvalue weighted by atomic mass is 16.4. The summed E-state index contributed by atoms with van der Waals surface area (Å²) in [6, 6.07) is 13.9. The van der Waals surface area contributed by atoms with Crippen molar-refractivity contribution >= 4 is 5.71 Å². The number of pyridine rings is 2. The Morgan fingerprint density at radius 2 is 1.87 bits per heavy atom. The lowest BCUT2D eigenvalue weighted by Gasteiger charge is -2.06. The summed E-state index contributed by atoms with van der Waals surface area (Å²) in [5.41, 5.74) is 13.6. The van der Waals surface area contributed by atoms with Gasteiger partial charge in [-0.15, -0.1) is 0 Å². The maximum Gasteiger partial charge on any atom is 0.157 e. The third-order valence-corrected chi connectivity index (χ3v) is 5.45. The smallest absolute Gasteiger partial charge is 0.157 e. The zero-order chi connectivity index (χ0) is 20.5. The second kappa shape index (κ2) is 7.53. The van der Waals surface area contributed by atoms with Crippen LogP contribution in [0.4, 0.5) is 0 Å². The zero-order valence-electron chi connectivity index (χ0n) is 16.2. The molecule has 0 aliphatic heterocycles. The van der Waals surface area contributed by atoms with E-state index in [0.717, 1.165) is 57.9 Å². The predicted molar refractivity (Wildman–Crippen MR) is 115 cm³/mol. The van der Waals surface area contributed by atoms with Gasteiger partial charge in [0, 0.05) is 53.6 Å². The lowest BCUT2D eigenvalue weighted by molar-refractivity contribution is 0.318. The average molecular weight is 396 g/mol. The lowest BCUT2D eigenvalue weighted by atomic mass is 9.98. The molecule has 3 N–H and O–H groups in total. The molecule has 0 amide bonds. The molecule has 0 bridgehead atoms. The Labute approximate surface area is 173 Å². The van der Waals surface area contributed by atoms with Crippen LogP contribution in [0.3, 0.4) is 0 Å². The molecule has 7 heteroatoms. The summed E-state index contributed by atoms with van der Waals surface area (Å²) in [5.74, 6) is 0.720. The number of nitrogens with zero attached hydrogens (tertiary/aromatic N) is 5. The van der Waals surface area contributed by atoms with E-state index in [1.165, 1.54) is 5.56 Å². The monoisotopic (exact) mass is 396 g/mol. The third kappa shape index (κ3) is 3.05. The summed E-state index contributed by atoms with van der Waals surface area (Å²) in [6.07, 6.45) is 8.87. The highest BCUT2D eigenvalue weighted by Crippen LogP contribution is 2.35. The number of aryl methyl sites for hydroxylation is 1. The first-order chi connectivity index (χ1) is 14.8. The third-order valence-electron chi connectivity index (χ3n) is 5.45. The number of rotatable bonds is 4. The Morgan fingerprint density at radius 3 is 2.67 bits per heavy atom. The van der Waals surface area contributed by atoms with Gasteiger partial charge in [-0.25, -0.2) is 9.67 Å². The van der Waals surface area contributed by atoms with Gasteiger partial charge in [0.2, 0.25) is 0 Å². The molecule has 30 heavy (non-hydrogen) atoms. The molecule has 0 radical (unpaired) electrons. The van der Waals surface area contributed by atoms with E-state index in [0.29, 0.717) is 6.54 Å². The van der Waals surface area contributed by atoms with Crippen molar-refractivity contribution in [2.24, 2.45) is 10.9 Å². The quantitative estimate of drug-likeness (QED) is 0.405. The highest BCUT2D eigenvalue weighted by Gasteiger charge is 2.21.